The zero-order valence-corrected chi connectivity index (χ0v) is 23.1. The largest absolute Gasteiger partial charge is 0.481 e. The van der Waals surface area contributed by atoms with Gasteiger partial charge in [0, 0.05) is 35.5 Å². The lowest BCUT2D eigenvalue weighted by atomic mass is 9.85. The highest BCUT2D eigenvalue weighted by Gasteiger charge is 2.34. The lowest BCUT2D eigenvalue weighted by Gasteiger charge is -2.33. The van der Waals surface area contributed by atoms with E-state index in [4.69, 9.17) is 9.97 Å². The minimum Gasteiger partial charge on any atom is -0.481 e. The Morgan fingerprint density at radius 1 is 1.11 bits per heavy atom. The van der Waals surface area contributed by atoms with E-state index in [0.29, 0.717) is 13.0 Å². The number of nitrogens with zero attached hydrogens (tertiary/aromatic N) is 3. The van der Waals surface area contributed by atoms with Crippen LogP contribution in [0.25, 0.3) is 11.3 Å². The first kappa shape index (κ1) is 26.5. The average molecular weight is 525 g/mol. The maximum atomic E-state index is 12.2. The molecule has 2 aromatic heterocycles. The Morgan fingerprint density at radius 3 is 2.72 bits per heavy atom. The summed E-state index contributed by atoms with van der Waals surface area (Å²) in [6.45, 7) is 7.29. The number of aromatic nitrogens is 2. The quantitative estimate of drug-likeness (QED) is 0.336. The number of rotatable bonds is 5. The van der Waals surface area contributed by atoms with Gasteiger partial charge in [0.25, 0.3) is 0 Å². The maximum absolute atomic E-state index is 12.2. The van der Waals surface area contributed by atoms with E-state index in [0.717, 1.165) is 66.7 Å². The van der Waals surface area contributed by atoms with Gasteiger partial charge >= 0.3 is 5.97 Å². The summed E-state index contributed by atoms with van der Waals surface area (Å²) < 4.78 is 3.39. The van der Waals surface area contributed by atoms with Crippen LogP contribution in [-0.4, -0.2) is 34.1 Å². The third-order valence-electron chi connectivity index (χ3n) is 6.83. The van der Waals surface area contributed by atoms with Crippen LogP contribution >= 0.6 is 23.3 Å². The van der Waals surface area contributed by atoms with E-state index in [1.54, 1.807) is 11.3 Å². The van der Waals surface area contributed by atoms with Crippen molar-refractivity contribution in [1.82, 2.24) is 9.97 Å². The first-order chi connectivity index (χ1) is 17.4. The molecule has 1 aliphatic heterocycles. The van der Waals surface area contributed by atoms with Gasteiger partial charge in [-0.1, -0.05) is 56.5 Å². The normalized spacial score (nSPS) is 16.4. The van der Waals surface area contributed by atoms with Gasteiger partial charge in [0.15, 0.2) is 5.13 Å². The van der Waals surface area contributed by atoms with E-state index in [1.165, 1.54) is 28.0 Å². The number of carboxylic acids is 1. The fourth-order valence-electron chi connectivity index (χ4n) is 4.87. The lowest BCUT2D eigenvalue weighted by Crippen LogP contribution is -2.42. The molecular weight excluding hydrogens is 488 g/mol. The van der Waals surface area contributed by atoms with Crippen molar-refractivity contribution in [3.63, 3.8) is 0 Å². The number of aryl methyl sites for hydroxylation is 2. The number of pyridine rings is 1. The van der Waals surface area contributed by atoms with Crippen LogP contribution in [0.4, 0.5) is 10.9 Å². The molecule has 0 saturated carbocycles. The molecule has 2 N–H and O–H groups in total. The molecule has 0 aliphatic carbocycles. The van der Waals surface area contributed by atoms with Crippen LogP contribution in [0.2, 0.25) is 0 Å². The smallest absolute Gasteiger partial charge is 0.311 e. The third-order valence-corrected chi connectivity index (χ3v) is 8.57. The second-order valence-corrected chi connectivity index (χ2v) is 11.9. The molecule has 4 bridgehead atoms. The molecule has 0 amide bonds. The molecule has 0 spiro atoms. The number of thiazole rings is 1. The van der Waals surface area contributed by atoms with Crippen molar-refractivity contribution in [2.24, 2.45) is 5.41 Å². The summed E-state index contributed by atoms with van der Waals surface area (Å²) in [7, 11) is 0. The first-order valence-electron chi connectivity index (χ1n) is 12.8. The minimum absolute atomic E-state index is 0.452. The van der Waals surface area contributed by atoms with Gasteiger partial charge in [-0.25, -0.2) is 9.97 Å². The molecule has 0 fully saturated rings. The van der Waals surface area contributed by atoms with E-state index in [1.807, 2.05) is 32.0 Å². The first-order valence-corrected chi connectivity index (χ1v) is 14.5. The molecule has 4 rings (SSSR count). The van der Waals surface area contributed by atoms with Gasteiger partial charge in [-0.2, -0.15) is 0 Å². The van der Waals surface area contributed by atoms with E-state index in [-0.39, 0.29) is 0 Å². The number of carbonyl (C=O) groups is 1. The Kier molecular flexibility index (Phi) is 8.90. The fourth-order valence-corrected chi connectivity index (χ4v) is 6.36. The molecule has 1 unspecified atom stereocenters. The maximum Gasteiger partial charge on any atom is 0.311 e. The Labute approximate surface area is 222 Å². The van der Waals surface area contributed by atoms with Gasteiger partial charge in [0.1, 0.15) is 10.8 Å². The van der Waals surface area contributed by atoms with Crippen molar-refractivity contribution < 1.29 is 9.90 Å². The number of carboxylic acid groups (broad SMARTS) is 1. The monoisotopic (exact) mass is 524 g/mol. The molecule has 1 aliphatic rings. The van der Waals surface area contributed by atoms with Crippen molar-refractivity contribution in [3.8, 4) is 11.3 Å². The second kappa shape index (κ2) is 12.1. The molecule has 0 saturated heterocycles. The number of hydrogen-bond acceptors (Lipinski definition) is 7. The molecule has 0 radical (unpaired) electrons. The highest BCUT2D eigenvalue weighted by molar-refractivity contribution is 8.00. The molecule has 1 aromatic carbocycles. The summed E-state index contributed by atoms with van der Waals surface area (Å²) >= 11 is 3.10. The summed E-state index contributed by atoms with van der Waals surface area (Å²) in [5.74, 6) is 0.0895. The lowest BCUT2D eigenvalue weighted by molar-refractivity contribution is -0.147. The van der Waals surface area contributed by atoms with Gasteiger partial charge in [0.2, 0.25) is 0 Å². The molecule has 6 nitrogen and oxygen atoms in total. The van der Waals surface area contributed by atoms with Gasteiger partial charge in [-0.15, -0.1) is 11.3 Å². The fraction of sp³-hybridized carbons (Fsp3) is 0.464. The molecule has 3 heterocycles. The molecule has 192 valence electrons. The Morgan fingerprint density at radius 2 is 1.92 bits per heavy atom. The predicted octanol–water partition coefficient (Wildman–Crippen LogP) is 7.45. The topological polar surface area (TPSA) is 78.4 Å². The summed E-state index contributed by atoms with van der Waals surface area (Å²) in [4.78, 5) is 25.4. The van der Waals surface area contributed by atoms with Crippen molar-refractivity contribution in [1.29, 1.82) is 0 Å². The average Bonchev–Trinajstić information content (AvgIpc) is 3.24. The van der Waals surface area contributed by atoms with Crippen LogP contribution in [0.5, 0.6) is 0 Å². The second-order valence-electron chi connectivity index (χ2n) is 9.82. The molecular formula is C28H36N4O2S2. The van der Waals surface area contributed by atoms with Crippen LogP contribution < -0.4 is 9.62 Å². The van der Waals surface area contributed by atoms with Crippen molar-refractivity contribution in [2.75, 3.05) is 22.7 Å². The van der Waals surface area contributed by atoms with Crippen LogP contribution in [0, 0.1) is 12.3 Å². The highest BCUT2D eigenvalue weighted by atomic mass is 32.2. The zero-order chi connectivity index (χ0) is 25.5. The molecule has 1 atom stereocenters. The third kappa shape index (κ3) is 6.40. The summed E-state index contributed by atoms with van der Waals surface area (Å²) in [6, 6.07) is 14.6. The number of anilines is 2. The number of aliphatic carboxylic acids is 1. The summed E-state index contributed by atoms with van der Waals surface area (Å²) in [5.41, 5.74) is 2.82. The van der Waals surface area contributed by atoms with E-state index in [9.17, 15) is 9.90 Å². The van der Waals surface area contributed by atoms with Crippen LogP contribution in [0.3, 0.4) is 0 Å². The van der Waals surface area contributed by atoms with E-state index < -0.39 is 11.4 Å². The van der Waals surface area contributed by atoms with E-state index in [2.05, 4.69) is 40.8 Å². The van der Waals surface area contributed by atoms with Crippen molar-refractivity contribution >= 4 is 40.2 Å². The van der Waals surface area contributed by atoms with Crippen LogP contribution in [0.1, 0.15) is 62.8 Å². The SMILES string of the molecule is CCCC(C)(CN1CCCCCCc2ccccc2-c2nc(sc2C)NSc2cccc1n2)C(=O)O. The van der Waals surface area contributed by atoms with Crippen LogP contribution in [0.15, 0.2) is 47.5 Å². The van der Waals surface area contributed by atoms with E-state index >= 15 is 0 Å². The summed E-state index contributed by atoms with van der Waals surface area (Å²) in [5, 5.41) is 11.7. The molecule has 36 heavy (non-hydrogen) atoms. The minimum atomic E-state index is -0.810. The number of benzene rings is 1. The predicted molar refractivity (Wildman–Crippen MR) is 151 cm³/mol. The van der Waals surface area contributed by atoms with Gasteiger partial charge in [-0.05, 0) is 57.2 Å². The van der Waals surface area contributed by atoms with Crippen molar-refractivity contribution in [2.45, 2.75) is 70.7 Å². The van der Waals surface area contributed by atoms with Gasteiger partial charge in [0.05, 0.1) is 11.1 Å². The van der Waals surface area contributed by atoms with Crippen LogP contribution in [-0.2, 0) is 11.2 Å². The molecule has 3 aromatic rings. The zero-order valence-electron chi connectivity index (χ0n) is 21.4. The number of nitrogens with one attached hydrogen (secondary N) is 1. The Balaban J connectivity index is 1.63. The Bertz CT molecular complexity index is 1180. The number of hydrogen-bond donors (Lipinski definition) is 2. The van der Waals surface area contributed by atoms with Gasteiger partial charge in [-0.3, -0.25) is 4.79 Å². The number of fused-ring (bicyclic) bond motifs is 6. The Hall–Kier alpha value is -2.58. The standard InChI is InChI=1S/C28H36N4O2S2/c1-4-17-28(3,26(33)34)19-32-18-10-6-5-7-12-21-13-8-9-14-22(21)25-20(2)35-27(30-25)31-36-24-16-11-15-23(32)29-24/h8-9,11,13-16H,4-7,10,12,17-19H2,1-3H3,(H,30,31)(H,33,34). The molecule has 8 heteroatoms. The van der Waals surface area contributed by atoms with Gasteiger partial charge < -0.3 is 14.7 Å². The van der Waals surface area contributed by atoms with Crippen molar-refractivity contribution in [3.05, 3.63) is 52.9 Å². The summed E-state index contributed by atoms with van der Waals surface area (Å²) in [6.07, 6.45) is 6.88. The highest BCUT2D eigenvalue weighted by Crippen LogP contribution is 2.35.